The van der Waals surface area contributed by atoms with Crippen LogP contribution in [0.2, 0.25) is 0 Å². The number of aromatic nitrogens is 2. The van der Waals surface area contributed by atoms with E-state index < -0.39 is 18.9 Å². The molecule has 0 aliphatic heterocycles. The second kappa shape index (κ2) is 11.6. The summed E-state index contributed by atoms with van der Waals surface area (Å²) in [5.41, 5.74) is 6.00. The van der Waals surface area contributed by atoms with Gasteiger partial charge in [0.25, 0.3) is 0 Å². The van der Waals surface area contributed by atoms with Gasteiger partial charge in [-0.15, -0.1) is 0 Å². The van der Waals surface area contributed by atoms with Crippen molar-refractivity contribution in [2.45, 2.75) is 39.8 Å². The fourth-order valence-electron chi connectivity index (χ4n) is 4.16. The van der Waals surface area contributed by atoms with Crippen molar-refractivity contribution in [3.63, 3.8) is 0 Å². The molecule has 0 spiro atoms. The van der Waals surface area contributed by atoms with Crippen LogP contribution in [-0.4, -0.2) is 27.5 Å². The van der Waals surface area contributed by atoms with E-state index in [1.807, 2.05) is 0 Å². The Morgan fingerprint density at radius 1 is 0.865 bits per heavy atom. The summed E-state index contributed by atoms with van der Waals surface area (Å²) in [6.45, 7) is 8.43. The SMILES string of the molecule is Cc1ccc(P(Cc2c(-c3ccc(F)cc3)nc(N(C)S(C)=O)nc2C(C)C)c2ccc(C)cc2)cc1. The van der Waals surface area contributed by atoms with E-state index in [0.717, 1.165) is 28.7 Å². The molecule has 37 heavy (non-hydrogen) atoms. The van der Waals surface area contributed by atoms with Crippen LogP contribution < -0.4 is 14.9 Å². The molecule has 0 saturated heterocycles. The van der Waals surface area contributed by atoms with Gasteiger partial charge in [0, 0.05) is 30.6 Å². The van der Waals surface area contributed by atoms with Crippen molar-refractivity contribution in [1.29, 1.82) is 0 Å². The Morgan fingerprint density at radius 2 is 1.38 bits per heavy atom. The van der Waals surface area contributed by atoms with E-state index in [1.165, 1.54) is 33.9 Å². The highest BCUT2D eigenvalue weighted by atomic mass is 32.2. The van der Waals surface area contributed by atoms with Crippen molar-refractivity contribution in [2.75, 3.05) is 17.6 Å². The Bertz CT molecular complexity index is 1350. The fraction of sp³-hybridized carbons (Fsp3) is 0.267. The zero-order chi connectivity index (χ0) is 26.7. The van der Waals surface area contributed by atoms with Crippen molar-refractivity contribution in [3.8, 4) is 11.3 Å². The first-order valence-corrected chi connectivity index (χ1v) is 15.3. The topological polar surface area (TPSA) is 46.1 Å². The molecule has 0 radical (unpaired) electrons. The Kier molecular flexibility index (Phi) is 8.51. The number of halogens is 1. The van der Waals surface area contributed by atoms with Crippen LogP contribution in [-0.2, 0) is 17.1 Å². The highest BCUT2D eigenvalue weighted by Crippen LogP contribution is 2.43. The van der Waals surface area contributed by atoms with Crippen LogP contribution in [0.25, 0.3) is 11.3 Å². The summed E-state index contributed by atoms with van der Waals surface area (Å²) in [4.78, 5) is 9.84. The van der Waals surface area contributed by atoms with E-state index in [2.05, 4.69) is 76.2 Å². The maximum Gasteiger partial charge on any atom is 0.237 e. The van der Waals surface area contributed by atoms with Gasteiger partial charge in [-0.3, -0.25) is 4.31 Å². The van der Waals surface area contributed by atoms with E-state index in [9.17, 15) is 8.60 Å². The minimum absolute atomic E-state index is 0.113. The first kappa shape index (κ1) is 27.1. The van der Waals surface area contributed by atoms with Crippen LogP contribution in [0.4, 0.5) is 10.3 Å². The number of rotatable bonds is 8. The maximum atomic E-state index is 13.9. The molecule has 4 aromatic rings. The van der Waals surface area contributed by atoms with Gasteiger partial charge in [-0.2, -0.15) is 0 Å². The molecular formula is C30H33FN3OPS. The number of aryl methyl sites for hydroxylation is 2. The van der Waals surface area contributed by atoms with Gasteiger partial charge >= 0.3 is 0 Å². The molecule has 4 nitrogen and oxygen atoms in total. The van der Waals surface area contributed by atoms with Gasteiger partial charge in [0.05, 0.1) is 11.4 Å². The normalized spacial score (nSPS) is 12.2. The summed E-state index contributed by atoms with van der Waals surface area (Å²) < 4.78 is 27.8. The predicted octanol–water partition coefficient (Wildman–Crippen LogP) is 6.39. The Labute approximate surface area is 223 Å². The van der Waals surface area contributed by atoms with Crippen molar-refractivity contribution < 1.29 is 8.60 Å². The molecule has 3 aromatic carbocycles. The van der Waals surface area contributed by atoms with Crippen LogP contribution in [0.5, 0.6) is 0 Å². The van der Waals surface area contributed by atoms with E-state index >= 15 is 0 Å². The van der Waals surface area contributed by atoms with Crippen molar-refractivity contribution >= 4 is 35.5 Å². The van der Waals surface area contributed by atoms with Crippen LogP contribution in [0.15, 0.2) is 72.8 Å². The van der Waals surface area contributed by atoms with E-state index in [1.54, 1.807) is 29.7 Å². The molecule has 1 aromatic heterocycles. The summed E-state index contributed by atoms with van der Waals surface area (Å²) in [5.74, 6) is 0.224. The molecule has 1 heterocycles. The molecule has 4 rings (SSSR count). The first-order chi connectivity index (χ1) is 17.6. The van der Waals surface area contributed by atoms with E-state index in [0.29, 0.717) is 5.95 Å². The third-order valence-corrected chi connectivity index (χ3v) is 9.78. The lowest BCUT2D eigenvalue weighted by Gasteiger charge is -2.25. The molecule has 1 atom stereocenters. The number of hydrogen-bond acceptors (Lipinski definition) is 3. The molecule has 0 amide bonds. The van der Waals surface area contributed by atoms with Gasteiger partial charge in [0.15, 0.2) is 0 Å². The second-order valence-corrected chi connectivity index (χ2v) is 13.2. The Balaban J connectivity index is 1.95. The highest BCUT2D eigenvalue weighted by molar-refractivity contribution is 7.85. The lowest BCUT2D eigenvalue weighted by molar-refractivity contribution is 0.628. The zero-order valence-electron chi connectivity index (χ0n) is 22.2. The largest absolute Gasteiger partial charge is 0.263 e. The number of anilines is 1. The van der Waals surface area contributed by atoms with Crippen LogP contribution >= 0.6 is 7.92 Å². The molecular weight excluding hydrogens is 500 g/mol. The van der Waals surface area contributed by atoms with Gasteiger partial charge < -0.3 is 0 Å². The third kappa shape index (κ3) is 6.31. The van der Waals surface area contributed by atoms with Gasteiger partial charge in [0.1, 0.15) is 16.8 Å². The number of hydrogen-bond donors (Lipinski definition) is 0. The van der Waals surface area contributed by atoms with Crippen molar-refractivity contribution in [2.24, 2.45) is 0 Å². The minimum Gasteiger partial charge on any atom is -0.263 e. The summed E-state index contributed by atoms with van der Waals surface area (Å²) in [6, 6.07) is 24.0. The van der Waals surface area contributed by atoms with Crippen LogP contribution in [0, 0.1) is 19.7 Å². The molecule has 0 N–H and O–H groups in total. The molecule has 0 aliphatic carbocycles. The fourth-order valence-corrected chi connectivity index (χ4v) is 6.78. The number of benzene rings is 3. The maximum absolute atomic E-state index is 13.9. The average Bonchev–Trinajstić information content (AvgIpc) is 2.88. The monoisotopic (exact) mass is 533 g/mol. The Hall–Kier alpha value is -2.95. The molecule has 0 fully saturated rings. The number of nitrogens with zero attached hydrogens (tertiary/aromatic N) is 3. The van der Waals surface area contributed by atoms with Crippen molar-refractivity contribution in [1.82, 2.24) is 9.97 Å². The van der Waals surface area contributed by atoms with Crippen LogP contribution in [0.3, 0.4) is 0 Å². The molecule has 0 aliphatic rings. The van der Waals surface area contributed by atoms with Gasteiger partial charge in [0.2, 0.25) is 5.95 Å². The lowest BCUT2D eigenvalue weighted by Crippen LogP contribution is -2.23. The molecule has 0 bridgehead atoms. The third-order valence-electron chi connectivity index (χ3n) is 6.37. The van der Waals surface area contributed by atoms with Crippen LogP contribution in [0.1, 0.15) is 42.1 Å². The molecule has 0 saturated carbocycles. The van der Waals surface area contributed by atoms with E-state index in [-0.39, 0.29) is 11.7 Å². The smallest absolute Gasteiger partial charge is 0.237 e. The summed E-state index contributed by atoms with van der Waals surface area (Å²) in [7, 11) is -0.320. The first-order valence-electron chi connectivity index (χ1n) is 12.3. The van der Waals surface area contributed by atoms with Gasteiger partial charge in [-0.1, -0.05) is 73.5 Å². The summed E-state index contributed by atoms with van der Waals surface area (Å²) in [5, 5.41) is 2.56. The molecule has 192 valence electrons. The highest BCUT2D eigenvalue weighted by Gasteiger charge is 2.25. The molecule has 7 heteroatoms. The second-order valence-electron chi connectivity index (χ2n) is 9.58. The Morgan fingerprint density at radius 3 is 1.84 bits per heavy atom. The standard InChI is InChI=1S/C30H33FN3OPS/c1-20(2)28-27(19-36(25-15-7-21(3)8-16-25)26-17-9-22(4)10-18-26)29(23-11-13-24(31)14-12-23)33-30(32-28)34(5)37(6)35/h7-18,20H,19H2,1-6H3. The summed E-state index contributed by atoms with van der Waals surface area (Å²) in [6.07, 6.45) is 2.35. The average molecular weight is 534 g/mol. The van der Waals surface area contributed by atoms with Gasteiger partial charge in [-0.25, -0.2) is 18.6 Å². The molecule has 1 unspecified atom stereocenters. The van der Waals surface area contributed by atoms with Gasteiger partial charge in [-0.05, 0) is 62.6 Å². The predicted molar refractivity (Wildman–Crippen MR) is 156 cm³/mol. The quantitative estimate of drug-likeness (QED) is 0.247. The van der Waals surface area contributed by atoms with E-state index in [4.69, 9.17) is 9.97 Å². The summed E-state index contributed by atoms with van der Waals surface area (Å²) >= 11 is 0. The zero-order valence-corrected chi connectivity index (χ0v) is 23.9. The minimum atomic E-state index is -1.28. The van der Waals surface area contributed by atoms with Crippen molar-refractivity contribution in [3.05, 3.63) is 101 Å². The lowest BCUT2D eigenvalue weighted by atomic mass is 9.99.